The Morgan fingerprint density at radius 2 is 1.58 bits per heavy atom. The average Bonchev–Trinajstić information content (AvgIpc) is 2.62. The van der Waals surface area contributed by atoms with Gasteiger partial charge in [0.05, 0.1) is 13.1 Å². The predicted octanol–water partition coefficient (Wildman–Crippen LogP) is 2.93. The zero-order valence-corrected chi connectivity index (χ0v) is 15.4. The molecule has 0 radical (unpaired) electrons. The zero-order valence-electron chi connectivity index (χ0n) is 15.4. The molecule has 0 aliphatic heterocycles. The van der Waals surface area contributed by atoms with Gasteiger partial charge in [0.2, 0.25) is 5.91 Å². The number of urea groups is 1. The number of carbonyl (C=O) groups is 2. The lowest BCUT2D eigenvalue weighted by Crippen LogP contribution is -2.41. The lowest BCUT2D eigenvalue weighted by molar-refractivity contribution is -0.115. The molecule has 0 atom stereocenters. The molecule has 3 N–H and O–H groups in total. The topological polar surface area (TPSA) is 79.5 Å². The van der Waals surface area contributed by atoms with E-state index < -0.39 is 6.03 Å². The summed E-state index contributed by atoms with van der Waals surface area (Å²) in [5.41, 5.74) is 3.91. The van der Waals surface area contributed by atoms with Crippen LogP contribution in [-0.4, -0.2) is 31.6 Å². The van der Waals surface area contributed by atoms with Crippen molar-refractivity contribution >= 4 is 17.6 Å². The Labute approximate surface area is 153 Å². The third-order valence-corrected chi connectivity index (χ3v) is 3.83. The molecule has 0 unspecified atom stereocenters. The normalized spacial score (nSPS) is 10.1. The molecule has 138 valence electrons. The molecule has 6 nitrogen and oxygen atoms in total. The van der Waals surface area contributed by atoms with Crippen molar-refractivity contribution in [1.82, 2.24) is 10.6 Å². The number of nitrogens with one attached hydrogen (secondary N) is 3. The van der Waals surface area contributed by atoms with Gasteiger partial charge < -0.3 is 20.7 Å². The number of anilines is 1. The van der Waals surface area contributed by atoms with Crippen LogP contribution in [0.4, 0.5) is 10.5 Å². The second kappa shape index (κ2) is 9.46. The molecule has 3 amide bonds. The number of para-hydroxylation sites is 1. The Balaban J connectivity index is 1.65. The van der Waals surface area contributed by atoms with E-state index in [0.717, 1.165) is 28.1 Å². The van der Waals surface area contributed by atoms with Gasteiger partial charge >= 0.3 is 6.03 Å². The van der Waals surface area contributed by atoms with Gasteiger partial charge in [0.15, 0.2) is 0 Å². The van der Waals surface area contributed by atoms with Crippen LogP contribution in [0.1, 0.15) is 16.7 Å². The van der Waals surface area contributed by atoms with Crippen molar-refractivity contribution in [1.29, 1.82) is 0 Å². The van der Waals surface area contributed by atoms with Crippen LogP contribution in [-0.2, 0) is 4.79 Å². The Morgan fingerprint density at radius 1 is 0.923 bits per heavy atom. The molecule has 2 rings (SSSR count). The monoisotopic (exact) mass is 355 g/mol. The van der Waals surface area contributed by atoms with Crippen LogP contribution < -0.4 is 20.7 Å². The molecule has 6 heteroatoms. The minimum absolute atomic E-state index is 0.0988. The van der Waals surface area contributed by atoms with Crippen molar-refractivity contribution in [2.45, 2.75) is 20.8 Å². The van der Waals surface area contributed by atoms with Gasteiger partial charge in [-0.3, -0.25) is 4.79 Å². The summed E-state index contributed by atoms with van der Waals surface area (Å²) in [6.45, 7) is 6.46. The van der Waals surface area contributed by atoms with E-state index in [2.05, 4.69) is 16.0 Å². The van der Waals surface area contributed by atoms with E-state index in [1.54, 1.807) is 0 Å². The highest BCUT2D eigenvalue weighted by Crippen LogP contribution is 2.18. The van der Waals surface area contributed by atoms with Crippen LogP contribution >= 0.6 is 0 Å². The number of aryl methyl sites for hydroxylation is 3. The minimum atomic E-state index is -0.408. The van der Waals surface area contributed by atoms with Gasteiger partial charge in [-0.1, -0.05) is 35.9 Å². The molecule has 0 saturated heterocycles. The first kappa shape index (κ1) is 19.3. The summed E-state index contributed by atoms with van der Waals surface area (Å²) in [5.74, 6) is 0.485. The highest BCUT2D eigenvalue weighted by atomic mass is 16.5. The smallest absolute Gasteiger partial charge is 0.315 e. The molecule has 0 heterocycles. The lowest BCUT2D eigenvalue weighted by Gasteiger charge is -2.12. The largest absolute Gasteiger partial charge is 0.492 e. The highest BCUT2D eigenvalue weighted by molar-refractivity contribution is 5.95. The van der Waals surface area contributed by atoms with Crippen LogP contribution in [0.25, 0.3) is 0 Å². The van der Waals surface area contributed by atoms with Crippen LogP contribution in [0.5, 0.6) is 5.75 Å². The van der Waals surface area contributed by atoms with Crippen molar-refractivity contribution < 1.29 is 14.3 Å². The van der Waals surface area contributed by atoms with Gasteiger partial charge in [0, 0.05) is 5.69 Å². The van der Waals surface area contributed by atoms with Crippen molar-refractivity contribution in [3.05, 3.63) is 59.2 Å². The third-order valence-electron chi connectivity index (χ3n) is 3.83. The molecule has 0 aromatic heterocycles. The fourth-order valence-corrected chi connectivity index (χ4v) is 2.39. The molecule has 2 aromatic rings. The maximum Gasteiger partial charge on any atom is 0.315 e. The van der Waals surface area contributed by atoms with Crippen LogP contribution in [0, 0.1) is 20.8 Å². The molecule has 0 aliphatic carbocycles. The van der Waals surface area contributed by atoms with E-state index in [-0.39, 0.29) is 12.5 Å². The van der Waals surface area contributed by atoms with Gasteiger partial charge in [-0.15, -0.1) is 0 Å². The molecule has 26 heavy (non-hydrogen) atoms. The van der Waals surface area contributed by atoms with Gasteiger partial charge in [0.25, 0.3) is 0 Å². The van der Waals surface area contributed by atoms with E-state index >= 15 is 0 Å². The van der Waals surface area contributed by atoms with Crippen molar-refractivity contribution in [2.75, 3.05) is 25.0 Å². The van der Waals surface area contributed by atoms with Gasteiger partial charge in [0.1, 0.15) is 12.4 Å². The zero-order chi connectivity index (χ0) is 18.9. The number of benzene rings is 2. The van der Waals surface area contributed by atoms with Gasteiger partial charge in [-0.05, 0) is 44.0 Å². The Bertz CT molecular complexity index is 737. The Hall–Kier alpha value is -3.02. The van der Waals surface area contributed by atoms with Crippen molar-refractivity contribution in [2.24, 2.45) is 0 Å². The summed E-state index contributed by atoms with van der Waals surface area (Å²) < 4.78 is 5.52. The fourth-order valence-electron chi connectivity index (χ4n) is 2.39. The molecule has 0 saturated carbocycles. The molecular weight excluding hydrogens is 330 g/mol. The number of hydrogen-bond acceptors (Lipinski definition) is 3. The van der Waals surface area contributed by atoms with Crippen LogP contribution in [0.15, 0.2) is 42.5 Å². The van der Waals surface area contributed by atoms with E-state index in [1.807, 2.05) is 63.2 Å². The molecule has 2 aromatic carbocycles. The minimum Gasteiger partial charge on any atom is -0.492 e. The highest BCUT2D eigenvalue weighted by Gasteiger charge is 2.08. The van der Waals surface area contributed by atoms with E-state index in [9.17, 15) is 9.59 Å². The van der Waals surface area contributed by atoms with Gasteiger partial charge in [-0.25, -0.2) is 4.79 Å². The number of ether oxygens (including phenoxy) is 1. The second-order valence-electron chi connectivity index (χ2n) is 6.09. The van der Waals surface area contributed by atoms with E-state index in [1.165, 1.54) is 0 Å². The fraction of sp³-hybridized carbons (Fsp3) is 0.300. The summed E-state index contributed by atoms with van der Waals surface area (Å²) in [5, 5.41) is 8.00. The number of hydrogen-bond donors (Lipinski definition) is 3. The second-order valence-corrected chi connectivity index (χ2v) is 6.09. The molecule has 0 fully saturated rings. The Morgan fingerprint density at radius 3 is 2.23 bits per heavy atom. The van der Waals surface area contributed by atoms with Crippen molar-refractivity contribution in [3.8, 4) is 5.75 Å². The maximum absolute atomic E-state index is 12.0. The first-order chi connectivity index (χ1) is 12.5. The lowest BCUT2D eigenvalue weighted by atomic mass is 10.1. The summed E-state index contributed by atoms with van der Waals surface area (Å²) in [6, 6.07) is 13.1. The third kappa shape index (κ3) is 6.12. The molecule has 0 aliphatic rings. The molecular formula is C20H25N3O3. The van der Waals surface area contributed by atoms with Gasteiger partial charge in [-0.2, -0.15) is 0 Å². The van der Waals surface area contributed by atoms with Crippen molar-refractivity contribution in [3.63, 3.8) is 0 Å². The summed E-state index contributed by atoms with van der Waals surface area (Å²) in [4.78, 5) is 23.7. The molecule has 0 bridgehead atoms. The first-order valence-corrected chi connectivity index (χ1v) is 8.53. The number of carbonyl (C=O) groups excluding carboxylic acids is 2. The molecule has 0 spiro atoms. The maximum atomic E-state index is 12.0. The number of rotatable bonds is 7. The SMILES string of the molecule is Cc1ccc(OCCNC(=O)NCC(=O)Nc2c(C)cccc2C)cc1. The quantitative estimate of drug-likeness (QED) is 0.668. The average molecular weight is 355 g/mol. The van der Waals surface area contributed by atoms with Crippen LogP contribution in [0.3, 0.4) is 0 Å². The number of amides is 3. The Kier molecular flexibility index (Phi) is 7.02. The summed E-state index contributed by atoms with van der Waals surface area (Å²) >= 11 is 0. The first-order valence-electron chi connectivity index (χ1n) is 8.53. The predicted molar refractivity (Wildman–Crippen MR) is 103 cm³/mol. The summed E-state index contributed by atoms with van der Waals surface area (Å²) in [6.07, 6.45) is 0. The van der Waals surface area contributed by atoms with Crippen LogP contribution in [0.2, 0.25) is 0 Å². The summed E-state index contributed by atoms with van der Waals surface area (Å²) in [7, 11) is 0. The van der Waals surface area contributed by atoms with E-state index in [4.69, 9.17) is 4.74 Å². The standard InChI is InChI=1S/C20H25N3O3/c1-14-7-9-17(10-8-14)26-12-11-21-20(25)22-13-18(24)23-19-15(2)5-4-6-16(19)3/h4-10H,11-13H2,1-3H3,(H,23,24)(H2,21,22,25). The van der Waals surface area contributed by atoms with E-state index in [0.29, 0.717) is 13.2 Å².